The van der Waals surface area contributed by atoms with Gasteiger partial charge in [0.15, 0.2) is 28.8 Å². The Morgan fingerprint density at radius 3 is 3.27 bits per heavy atom. The Bertz CT molecular complexity index is 371. The molecule has 0 radical (unpaired) electrons. The Labute approximate surface area is 77.5 Å². The Morgan fingerprint density at radius 1 is 1.55 bits per heavy atom. The lowest BCUT2D eigenvalue weighted by Gasteiger charge is -1.94. The molecule has 0 aliphatic carbocycles. The lowest BCUT2D eigenvalue weighted by Crippen LogP contribution is -1.77. The van der Waals surface area contributed by atoms with Crippen molar-refractivity contribution >= 4 is 34.0 Å². The molecule has 0 fully saturated rings. The molecule has 0 aliphatic heterocycles. The molecule has 3 nitrogen and oxygen atoms in total. The highest BCUT2D eigenvalue weighted by molar-refractivity contribution is 14.1. The molecule has 1 N–H and O–H groups in total. The third kappa shape index (κ3) is 1.18. The van der Waals surface area contributed by atoms with Gasteiger partial charge in [-0.1, -0.05) is 0 Å². The van der Waals surface area contributed by atoms with Crippen LogP contribution in [-0.2, 0) is 0 Å². The number of H-pyrrole nitrogens is 1. The standard InChI is InChI=1S/C7H5IN2O/c8-11-6-3-5-1-2-9-7(5)10-4-6/h1-4H,(H,9,10). The van der Waals surface area contributed by atoms with Crippen LogP contribution in [0.15, 0.2) is 24.5 Å². The molecular weight excluding hydrogens is 255 g/mol. The summed E-state index contributed by atoms with van der Waals surface area (Å²) < 4.78 is 4.99. The number of aromatic nitrogens is 2. The summed E-state index contributed by atoms with van der Waals surface area (Å²) >= 11 is 1.83. The summed E-state index contributed by atoms with van der Waals surface area (Å²) in [4.78, 5) is 7.13. The molecule has 0 bridgehead atoms. The van der Waals surface area contributed by atoms with Crippen LogP contribution in [0.5, 0.6) is 5.75 Å². The molecule has 2 aromatic heterocycles. The predicted octanol–water partition coefficient (Wildman–Crippen LogP) is 2.29. The Hall–Kier alpha value is -0.780. The topological polar surface area (TPSA) is 37.9 Å². The van der Waals surface area contributed by atoms with Crippen LogP contribution in [0.1, 0.15) is 0 Å². The van der Waals surface area contributed by atoms with Gasteiger partial charge in [-0.2, -0.15) is 0 Å². The van der Waals surface area contributed by atoms with Gasteiger partial charge >= 0.3 is 0 Å². The lowest BCUT2D eigenvalue weighted by molar-refractivity contribution is 0.714. The van der Waals surface area contributed by atoms with E-state index in [1.54, 1.807) is 6.20 Å². The van der Waals surface area contributed by atoms with Crippen molar-refractivity contribution in [3.63, 3.8) is 0 Å². The molecule has 2 rings (SSSR count). The Kier molecular flexibility index (Phi) is 1.69. The van der Waals surface area contributed by atoms with Crippen LogP contribution in [0.4, 0.5) is 0 Å². The minimum atomic E-state index is 0.776. The summed E-state index contributed by atoms with van der Waals surface area (Å²) in [5, 5.41) is 1.07. The van der Waals surface area contributed by atoms with Crippen molar-refractivity contribution in [2.24, 2.45) is 0 Å². The average Bonchev–Trinajstić information content (AvgIpc) is 2.50. The number of nitrogens with zero attached hydrogens (tertiary/aromatic N) is 1. The normalized spacial score (nSPS) is 10.3. The van der Waals surface area contributed by atoms with E-state index in [1.807, 2.05) is 41.3 Å². The summed E-state index contributed by atoms with van der Waals surface area (Å²) in [6, 6.07) is 3.90. The Balaban J connectivity index is 2.67. The molecule has 11 heavy (non-hydrogen) atoms. The van der Waals surface area contributed by atoms with E-state index in [1.165, 1.54) is 0 Å². The largest absolute Gasteiger partial charge is 0.426 e. The highest BCUT2D eigenvalue weighted by atomic mass is 127. The van der Waals surface area contributed by atoms with E-state index < -0.39 is 0 Å². The number of halogens is 1. The Morgan fingerprint density at radius 2 is 2.45 bits per heavy atom. The summed E-state index contributed by atoms with van der Waals surface area (Å²) in [5.41, 5.74) is 0.891. The SMILES string of the molecule is IOc1cnc2[nH]ccc2c1. The van der Waals surface area contributed by atoms with E-state index in [4.69, 9.17) is 3.07 Å². The number of hydrogen-bond acceptors (Lipinski definition) is 2. The first-order chi connectivity index (χ1) is 5.40. The van der Waals surface area contributed by atoms with Crippen LogP contribution in [0.2, 0.25) is 0 Å². The van der Waals surface area contributed by atoms with E-state index in [0.29, 0.717) is 0 Å². The van der Waals surface area contributed by atoms with Crippen molar-refractivity contribution in [3.05, 3.63) is 24.5 Å². The maximum absolute atomic E-state index is 4.99. The van der Waals surface area contributed by atoms with Crippen LogP contribution in [0, 0.1) is 0 Å². The van der Waals surface area contributed by atoms with Gasteiger partial charge in [-0.25, -0.2) is 4.98 Å². The number of fused-ring (bicyclic) bond motifs is 1. The van der Waals surface area contributed by atoms with Crippen molar-refractivity contribution in [2.75, 3.05) is 0 Å². The first-order valence-electron chi connectivity index (χ1n) is 3.12. The van der Waals surface area contributed by atoms with Crippen LogP contribution in [0.25, 0.3) is 11.0 Å². The van der Waals surface area contributed by atoms with Crippen molar-refractivity contribution in [1.29, 1.82) is 0 Å². The van der Waals surface area contributed by atoms with Crippen molar-refractivity contribution < 1.29 is 3.07 Å². The van der Waals surface area contributed by atoms with Gasteiger partial charge in [-0.15, -0.1) is 0 Å². The van der Waals surface area contributed by atoms with Gasteiger partial charge in [0.2, 0.25) is 0 Å². The monoisotopic (exact) mass is 260 g/mol. The molecule has 0 aromatic carbocycles. The summed E-state index contributed by atoms with van der Waals surface area (Å²) in [6.45, 7) is 0. The number of hydrogen-bond donors (Lipinski definition) is 1. The highest BCUT2D eigenvalue weighted by Crippen LogP contribution is 2.17. The number of pyridine rings is 1. The molecule has 0 saturated heterocycles. The molecule has 0 saturated carbocycles. The van der Waals surface area contributed by atoms with E-state index >= 15 is 0 Å². The highest BCUT2D eigenvalue weighted by Gasteiger charge is 1.96. The fourth-order valence-corrected chi connectivity index (χ4v) is 1.20. The second kappa shape index (κ2) is 2.69. The third-order valence-electron chi connectivity index (χ3n) is 1.46. The minimum Gasteiger partial charge on any atom is -0.426 e. The quantitative estimate of drug-likeness (QED) is 0.799. The fraction of sp³-hybridized carbons (Fsp3) is 0. The van der Waals surface area contributed by atoms with Crippen LogP contribution >= 0.6 is 23.0 Å². The summed E-state index contributed by atoms with van der Waals surface area (Å²) in [6.07, 6.45) is 3.54. The zero-order valence-corrected chi connectivity index (χ0v) is 7.70. The van der Waals surface area contributed by atoms with Crippen molar-refractivity contribution in [3.8, 4) is 5.75 Å². The van der Waals surface area contributed by atoms with Gasteiger partial charge in [-0.3, -0.25) is 0 Å². The molecule has 0 spiro atoms. The molecule has 0 amide bonds. The zero-order valence-electron chi connectivity index (χ0n) is 5.54. The number of nitrogens with one attached hydrogen (secondary N) is 1. The maximum atomic E-state index is 4.99. The first kappa shape index (κ1) is 6.90. The van der Waals surface area contributed by atoms with Crippen LogP contribution < -0.4 is 3.07 Å². The third-order valence-corrected chi connectivity index (χ3v) is 1.97. The fourth-order valence-electron chi connectivity index (χ4n) is 0.962. The van der Waals surface area contributed by atoms with Gasteiger partial charge in [0.1, 0.15) is 5.65 Å². The molecular formula is C7H5IN2O. The first-order valence-corrected chi connectivity index (χ1v) is 4.00. The van der Waals surface area contributed by atoms with Crippen molar-refractivity contribution in [1.82, 2.24) is 9.97 Å². The van der Waals surface area contributed by atoms with Gasteiger partial charge in [0.05, 0.1) is 6.20 Å². The maximum Gasteiger partial charge on any atom is 0.192 e. The van der Waals surface area contributed by atoms with E-state index in [0.717, 1.165) is 16.8 Å². The van der Waals surface area contributed by atoms with Gasteiger partial charge in [-0.05, 0) is 12.1 Å². The average molecular weight is 260 g/mol. The number of rotatable bonds is 1. The molecule has 0 aliphatic rings. The van der Waals surface area contributed by atoms with E-state index in [2.05, 4.69) is 9.97 Å². The number of aromatic amines is 1. The van der Waals surface area contributed by atoms with Crippen LogP contribution in [-0.4, -0.2) is 9.97 Å². The zero-order chi connectivity index (χ0) is 7.68. The van der Waals surface area contributed by atoms with E-state index in [9.17, 15) is 0 Å². The van der Waals surface area contributed by atoms with Gasteiger partial charge in [0, 0.05) is 11.6 Å². The van der Waals surface area contributed by atoms with Gasteiger partial charge in [0.25, 0.3) is 0 Å². The summed E-state index contributed by atoms with van der Waals surface area (Å²) in [5.74, 6) is 0.776. The second-order valence-corrected chi connectivity index (χ2v) is 2.60. The molecule has 2 heterocycles. The molecule has 0 atom stereocenters. The molecule has 56 valence electrons. The minimum absolute atomic E-state index is 0.776. The van der Waals surface area contributed by atoms with Crippen LogP contribution in [0.3, 0.4) is 0 Å². The molecule has 0 unspecified atom stereocenters. The lowest BCUT2D eigenvalue weighted by atomic mass is 10.3. The second-order valence-electron chi connectivity index (χ2n) is 2.16. The van der Waals surface area contributed by atoms with Gasteiger partial charge < -0.3 is 8.05 Å². The smallest absolute Gasteiger partial charge is 0.192 e. The predicted molar refractivity (Wildman–Crippen MR) is 50.7 cm³/mol. The molecule has 4 heteroatoms. The van der Waals surface area contributed by atoms with E-state index in [-0.39, 0.29) is 0 Å². The summed E-state index contributed by atoms with van der Waals surface area (Å²) in [7, 11) is 0. The molecule has 2 aromatic rings. The van der Waals surface area contributed by atoms with Crippen molar-refractivity contribution in [2.45, 2.75) is 0 Å².